The summed E-state index contributed by atoms with van der Waals surface area (Å²) in [6.07, 6.45) is 0. The molecule has 16 heavy (non-hydrogen) atoms. The molecule has 0 saturated carbocycles. The zero-order valence-corrected chi connectivity index (χ0v) is 10.3. The maximum Gasteiger partial charge on any atom is 0.212 e. The van der Waals surface area contributed by atoms with E-state index in [1.54, 1.807) is 5.51 Å². The molecule has 0 aliphatic rings. The van der Waals surface area contributed by atoms with Crippen LogP contribution in [-0.4, -0.2) is 22.2 Å². The lowest BCUT2D eigenvalue weighted by Gasteiger charge is -2.15. The van der Waals surface area contributed by atoms with Crippen LogP contribution in [0.1, 0.15) is 5.56 Å². The van der Waals surface area contributed by atoms with E-state index in [1.165, 1.54) is 11.3 Å². The Kier molecular flexibility index (Phi) is 3.12. The Balaban J connectivity index is 2.34. The molecule has 0 atom stereocenters. The summed E-state index contributed by atoms with van der Waals surface area (Å²) in [7, 11) is 1.93. The lowest BCUT2D eigenvalue weighted by atomic mass is 10.2. The number of aromatic nitrogens is 2. The van der Waals surface area contributed by atoms with Gasteiger partial charge >= 0.3 is 0 Å². The molecule has 1 heterocycles. The Morgan fingerprint density at radius 1 is 1.50 bits per heavy atom. The Hall–Kier alpha value is -1.53. The second-order valence-corrected chi connectivity index (χ2v) is 4.45. The predicted octanol–water partition coefficient (Wildman–Crippen LogP) is 1.94. The molecule has 0 radical (unpaired) electrons. The third-order valence-corrected chi connectivity index (χ3v) is 3.16. The van der Waals surface area contributed by atoms with Crippen LogP contribution in [0, 0.1) is 0 Å². The molecule has 6 heteroatoms. The summed E-state index contributed by atoms with van der Waals surface area (Å²) < 4.78 is 0. The van der Waals surface area contributed by atoms with Gasteiger partial charge in [-0.05, 0) is 12.1 Å². The van der Waals surface area contributed by atoms with Gasteiger partial charge in [0.05, 0.1) is 0 Å². The van der Waals surface area contributed by atoms with Gasteiger partial charge < -0.3 is 10.6 Å². The first-order valence-electron chi connectivity index (χ1n) is 4.58. The summed E-state index contributed by atoms with van der Waals surface area (Å²) in [5.41, 5.74) is 9.13. The molecule has 0 fully saturated rings. The van der Waals surface area contributed by atoms with Gasteiger partial charge in [-0.25, -0.2) is 0 Å². The molecular formula is C10H10N4S2. The SMILES string of the molecule is CN(c1cccc(C(N)=S)c1)c1nncs1. The van der Waals surface area contributed by atoms with Crippen molar-refractivity contribution in [2.75, 3.05) is 11.9 Å². The summed E-state index contributed by atoms with van der Waals surface area (Å²) in [6.45, 7) is 0. The van der Waals surface area contributed by atoms with Crippen molar-refractivity contribution in [1.82, 2.24) is 10.2 Å². The summed E-state index contributed by atoms with van der Waals surface area (Å²) in [6, 6.07) is 7.72. The van der Waals surface area contributed by atoms with Crippen LogP contribution in [0.3, 0.4) is 0 Å². The summed E-state index contributed by atoms with van der Waals surface area (Å²) >= 11 is 6.42. The molecule has 0 bridgehead atoms. The van der Waals surface area contributed by atoms with Crippen molar-refractivity contribution in [2.45, 2.75) is 0 Å². The highest BCUT2D eigenvalue weighted by Gasteiger charge is 2.07. The third-order valence-electron chi connectivity index (χ3n) is 2.15. The van der Waals surface area contributed by atoms with Gasteiger partial charge in [0.15, 0.2) is 0 Å². The third kappa shape index (κ3) is 2.17. The Morgan fingerprint density at radius 3 is 2.94 bits per heavy atom. The Labute approximate surface area is 103 Å². The molecule has 2 N–H and O–H groups in total. The normalized spacial score (nSPS) is 10.1. The minimum atomic E-state index is 0.396. The highest BCUT2D eigenvalue weighted by Crippen LogP contribution is 2.24. The summed E-state index contributed by atoms with van der Waals surface area (Å²) in [4.78, 5) is 2.34. The Morgan fingerprint density at radius 2 is 2.31 bits per heavy atom. The van der Waals surface area contributed by atoms with Gasteiger partial charge in [-0.1, -0.05) is 35.7 Å². The van der Waals surface area contributed by atoms with Gasteiger partial charge in [0.2, 0.25) is 5.13 Å². The number of nitrogens with two attached hydrogens (primary N) is 1. The molecule has 0 aliphatic heterocycles. The van der Waals surface area contributed by atoms with E-state index in [9.17, 15) is 0 Å². The quantitative estimate of drug-likeness (QED) is 0.844. The predicted molar refractivity (Wildman–Crippen MR) is 70.3 cm³/mol. The highest BCUT2D eigenvalue weighted by molar-refractivity contribution is 7.80. The first-order valence-corrected chi connectivity index (χ1v) is 5.87. The minimum absolute atomic E-state index is 0.396. The maximum absolute atomic E-state index is 5.59. The number of nitrogens with zero attached hydrogens (tertiary/aromatic N) is 3. The number of hydrogen-bond acceptors (Lipinski definition) is 5. The maximum atomic E-state index is 5.59. The van der Waals surface area contributed by atoms with Gasteiger partial charge in [0.25, 0.3) is 0 Å². The second kappa shape index (κ2) is 4.54. The molecule has 2 aromatic rings. The van der Waals surface area contributed by atoms with Crippen molar-refractivity contribution >= 4 is 39.4 Å². The van der Waals surface area contributed by atoms with E-state index < -0.39 is 0 Å². The minimum Gasteiger partial charge on any atom is -0.389 e. The van der Waals surface area contributed by atoms with E-state index in [0.29, 0.717) is 4.99 Å². The number of rotatable bonds is 3. The number of benzene rings is 1. The topological polar surface area (TPSA) is 55.0 Å². The first-order chi connectivity index (χ1) is 7.68. The second-order valence-electron chi connectivity index (χ2n) is 3.19. The zero-order valence-electron chi connectivity index (χ0n) is 8.62. The van der Waals surface area contributed by atoms with Crippen molar-refractivity contribution in [2.24, 2.45) is 5.73 Å². The molecule has 0 aliphatic carbocycles. The van der Waals surface area contributed by atoms with E-state index in [2.05, 4.69) is 10.2 Å². The van der Waals surface area contributed by atoms with Crippen molar-refractivity contribution in [3.05, 3.63) is 35.3 Å². The van der Waals surface area contributed by atoms with Gasteiger partial charge in [0, 0.05) is 18.3 Å². The highest BCUT2D eigenvalue weighted by atomic mass is 32.1. The number of anilines is 2. The molecule has 82 valence electrons. The standard InChI is InChI=1S/C10H10N4S2/c1-14(10-13-12-6-16-10)8-4-2-3-7(5-8)9(11)15/h2-6H,1H3,(H2,11,15). The Bertz CT molecular complexity index is 495. The van der Waals surface area contributed by atoms with Crippen LogP contribution < -0.4 is 10.6 Å². The molecule has 1 aromatic heterocycles. The fraction of sp³-hybridized carbons (Fsp3) is 0.100. The summed E-state index contributed by atoms with van der Waals surface area (Å²) in [5.74, 6) is 0. The average molecular weight is 250 g/mol. The van der Waals surface area contributed by atoms with Crippen LogP contribution in [0.4, 0.5) is 10.8 Å². The molecule has 4 nitrogen and oxygen atoms in total. The average Bonchev–Trinajstić information content (AvgIpc) is 2.81. The van der Waals surface area contributed by atoms with Crippen LogP contribution >= 0.6 is 23.6 Å². The van der Waals surface area contributed by atoms with Crippen LogP contribution in [0.2, 0.25) is 0 Å². The van der Waals surface area contributed by atoms with Crippen molar-refractivity contribution in [3.63, 3.8) is 0 Å². The van der Waals surface area contributed by atoms with E-state index in [0.717, 1.165) is 16.4 Å². The van der Waals surface area contributed by atoms with Gasteiger partial charge in [-0.15, -0.1) is 10.2 Å². The van der Waals surface area contributed by atoms with Crippen LogP contribution in [0.15, 0.2) is 29.8 Å². The van der Waals surface area contributed by atoms with Crippen LogP contribution in [-0.2, 0) is 0 Å². The zero-order chi connectivity index (χ0) is 11.5. The smallest absolute Gasteiger partial charge is 0.212 e. The lowest BCUT2D eigenvalue weighted by molar-refractivity contribution is 1.04. The lowest BCUT2D eigenvalue weighted by Crippen LogP contribution is -2.13. The number of hydrogen-bond donors (Lipinski definition) is 1. The molecule has 0 amide bonds. The number of thiocarbonyl (C=S) groups is 1. The van der Waals surface area contributed by atoms with Gasteiger partial charge in [-0.3, -0.25) is 0 Å². The molecule has 0 unspecified atom stereocenters. The molecule has 1 aromatic carbocycles. The van der Waals surface area contributed by atoms with Gasteiger partial charge in [0.1, 0.15) is 10.5 Å². The first kappa shape index (κ1) is 11.0. The van der Waals surface area contributed by atoms with Crippen molar-refractivity contribution in [3.8, 4) is 0 Å². The van der Waals surface area contributed by atoms with E-state index in [-0.39, 0.29) is 0 Å². The van der Waals surface area contributed by atoms with Crippen molar-refractivity contribution in [1.29, 1.82) is 0 Å². The van der Waals surface area contributed by atoms with Gasteiger partial charge in [-0.2, -0.15) is 0 Å². The van der Waals surface area contributed by atoms with Crippen LogP contribution in [0.25, 0.3) is 0 Å². The largest absolute Gasteiger partial charge is 0.389 e. The monoisotopic (exact) mass is 250 g/mol. The molecular weight excluding hydrogens is 240 g/mol. The molecule has 0 saturated heterocycles. The van der Waals surface area contributed by atoms with E-state index >= 15 is 0 Å². The van der Waals surface area contributed by atoms with Crippen molar-refractivity contribution < 1.29 is 0 Å². The summed E-state index contributed by atoms with van der Waals surface area (Å²) in [5, 5.41) is 8.63. The fourth-order valence-electron chi connectivity index (χ4n) is 1.29. The fourth-order valence-corrected chi connectivity index (χ4v) is 1.96. The molecule has 0 spiro atoms. The van der Waals surface area contributed by atoms with Crippen LogP contribution in [0.5, 0.6) is 0 Å². The van der Waals surface area contributed by atoms with E-state index in [1.807, 2.05) is 36.2 Å². The van der Waals surface area contributed by atoms with E-state index in [4.69, 9.17) is 18.0 Å². The molecule has 2 rings (SSSR count).